The second-order valence-corrected chi connectivity index (χ2v) is 10.7. The summed E-state index contributed by atoms with van der Waals surface area (Å²) in [6, 6.07) is 16.4. The molecule has 2 N–H and O–H groups in total. The number of benzene rings is 2. The number of hydrogen-bond donors (Lipinski definition) is 2. The third-order valence-electron chi connectivity index (χ3n) is 4.39. The van der Waals surface area contributed by atoms with Gasteiger partial charge in [0.25, 0.3) is 0 Å². The molecule has 7 nitrogen and oxygen atoms in total. The van der Waals surface area contributed by atoms with Gasteiger partial charge in [-0.1, -0.05) is 48.0 Å². The summed E-state index contributed by atoms with van der Waals surface area (Å²) in [6.07, 6.45) is 0.756. The molecule has 0 aliphatic heterocycles. The van der Waals surface area contributed by atoms with Gasteiger partial charge in [0, 0.05) is 6.54 Å². The van der Waals surface area contributed by atoms with Crippen molar-refractivity contribution in [3.8, 4) is 0 Å². The number of rotatable bonds is 13. The first-order chi connectivity index (χ1) is 14.3. The number of aryl methyl sites for hydroxylation is 1. The van der Waals surface area contributed by atoms with Crippen molar-refractivity contribution in [2.75, 3.05) is 26.3 Å². The van der Waals surface area contributed by atoms with Crippen molar-refractivity contribution in [2.24, 2.45) is 0 Å². The third-order valence-corrected chi connectivity index (χ3v) is 8.37. The van der Waals surface area contributed by atoms with E-state index in [1.165, 1.54) is 12.1 Å². The lowest BCUT2D eigenvalue weighted by Gasteiger charge is -2.27. The van der Waals surface area contributed by atoms with Crippen LogP contribution < -0.4 is 10.0 Å². The van der Waals surface area contributed by atoms with E-state index in [2.05, 4.69) is 10.0 Å². The Kier molecular flexibility index (Phi) is 9.68. The molecule has 0 bridgehead atoms. The normalized spacial score (nSPS) is 13.3. The fourth-order valence-corrected chi connectivity index (χ4v) is 6.39. The van der Waals surface area contributed by atoms with Gasteiger partial charge < -0.3 is 14.4 Å². The first-order valence-corrected chi connectivity index (χ1v) is 13.1. The molecule has 0 heterocycles. The smallest absolute Gasteiger partial charge is 0.314 e. The molecule has 9 heteroatoms. The molecule has 2 rings (SSSR count). The number of hydrogen-bond acceptors (Lipinski definition) is 6. The average Bonchev–Trinajstić information content (AvgIpc) is 2.71. The van der Waals surface area contributed by atoms with Crippen molar-refractivity contribution >= 4 is 17.6 Å². The summed E-state index contributed by atoms with van der Waals surface area (Å²) in [5.41, 5.74) is 2.10. The SMILES string of the molecule is CCOP(=O)(OCC)C(CNCCc1ccccc1)NS(=O)(=O)c1ccc(C)cc1. The maximum atomic E-state index is 13.3. The van der Waals surface area contributed by atoms with Crippen molar-refractivity contribution in [1.82, 2.24) is 10.0 Å². The van der Waals surface area contributed by atoms with Crippen LogP contribution in [0.15, 0.2) is 59.5 Å². The minimum Gasteiger partial charge on any atom is -0.314 e. The molecule has 0 aliphatic rings. The fraction of sp³-hybridized carbons (Fsp3) is 0.429. The lowest BCUT2D eigenvalue weighted by Crippen LogP contribution is -2.43. The summed E-state index contributed by atoms with van der Waals surface area (Å²) >= 11 is 0. The molecule has 166 valence electrons. The van der Waals surface area contributed by atoms with Crippen LogP contribution in [0.4, 0.5) is 0 Å². The van der Waals surface area contributed by atoms with Crippen LogP contribution in [0.5, 0.6) is 0 Å². The maximum absolute atomic E-state index is 13.3. The highest BCUT2D eigenvalue weighted by atomic mass is 32.2. The summed E-state index contributed by atoms with van der Waals surface area (Å²) in [5, 5.41) is 3.18. The molecule has 0 saturated carbocycles. The summed E-state index contributed by atoms with van der Waals surface area (Å²) in [7, 11) is -7.63. The topological polar surface area (TPSA) is 93.7 Å². The van der Waals surface area contributed by atoms with Crippen LogP contribution in [0.25, 0.3) is 0 Å². The summed E-state index contributed by atoms with van der Waals surface area (Å²) in [4.78, 5) is 0.0990. The quantitative estimate of drug-likeness (QED) is 0.354. The molecule has 0 aliphatic carbocycles. The Hall–Kier alpha value is -1.54. The standard InChI is InChI=1S/C21H31N2O5PS/c1-4-27-29(24,28-5-2)21(17-22-16-15-19-9-7-6-8-10-19)23-30(25,26)20-13-11-18(3)12-14-20/h6-14,21-23H,4-5,15-17H2,1-3H3. The Morgan fingerprint density at radius 2 is 1.57 bits per heavy atom. The van der Waals surface area contributed by atoms with Gasteiger partial charge in [0.05, 0.1) is 18.1 Å². The van der Waals surface area contributed by atoms with Crippen molar-refractivity contribution < 1.29 is 22.0 Å². The molecular formula is C21H31N2O5PS. The van der Waals surface area contributed by atoms with Crippen molar-refractivity contribution in [1.29, 1.82) is 0 Å². The molecule has 0 aromatic heterocycles. The van der Waals surface area contributed by atoms with E-state index in [0.29, 0.717) is 6.54 Å². The van der Waals surface area contributed by atoms with Gasteiger partial charge in [0.1, 0.15) is 5.78 Å². The Morgan fingerprint density at radius 3 is 2.13 bits per heavy atom. The Labute approximate surface area is 179 Å². The number of sulfonamides is 1. The molecule has 0 fully saturated rings. The zero-order valence-electron chi connectivity index (χ0n) is 17.7. The van der Waals surface area contributed by atoms with Gasteiger partial charge in [-0.3, -0.25) is 4.57 Å². The second-order valence-electron chi connectivity index (χ2n) is 6.77. The average molecular weight is 455 g/mol. The monoisotopic (exact) mass is 454 g/mol. The largest absolute Gasteiger partial charge is 0.349 e. The zero-order chi connectivity index (χ0) is 22.0. The van der Waals surface area contributed by atoms with Gasteiger partial charge in [-0.15, -0.1) is 0 Å². The van der Waals surface area contributed by atoms with Crippen LogP contribution in [-0.4, -0.2) is 40.5 Å². The van der Waals surface area contributed by atoms with Crippen LogP contribution in [0.3, 0.4) is 0 Å². The van der Waals surface area contributed by atoms with E-state index < -0.39 is 23.4 Å². The van der Waals surface area contributed by atoms with Gasteiger partial charge in [0.15, 0.2) is 0 Å². The molecular weight excluding hydrogens is 423 g/mol. The highest BCUT2D eigenvalue weighted by Gasteiger charge is 2.38. The van der Waals surface area contributed by atoms with Crippen LogP contribution in [0, 0.1) is 6.92 Å². The van der Waals surface area contributed by atoms with E-state index in [9.17, 15) is 13.0 Å². The highest BCUT2D eigenvalue weighted by molar-refractivity contribution is 7.89. The van der Waals surface area contributed by atoms with Crippen LogP contribution in [0.2, 0.25) is 0 Å². The van der Waals surface area contributed by atoms with Gasteiger partial charge in [-0.2, -0.15) is 4.72 Å². The van der Waals surface area contributed by atoms with E-state index in [0.717, 1.165) is 17.5 Å². The van der Waals surface area contributed by atoms with Crippen LogP contribution in [-0.2, 0) is 30.1 Å². The minimum absolute atomic E-state index is 0.0990. The second kappa shape index (κ2) is 11.7. The van der Waals surface area contributed by atoms with E-state index in [1.807, 2.05) is 37.3 Å². The Morgan fingerprint density at radius 1 is 0.967 bits per heavy atom. The van der Waals surface area contributed by atoms with Crippen molar-refractivity contribution in [2.45, 2.75) is 37.9 Å². The van der Waals surface area contributed by atoms with Gasteiger partial charge in [-0.25, -0.2) is 8.42 Å². The predicted octanol–water partition coefficient (Wildman–Crippen LogP) is 3.70. The van der Waals surface area contributed by atoms with Crippen LogP contribution in [0.1, 0.15) is 25.0 Å². The van der Waals surface area contributed by atoms with E-state index in [1.54, 1.807) is 26.0 Å². The molecule has 0 radical (unpaired) electrons. The first-order valence-electron chi connectivity index (χ1n) is 10.0. The van der Waals surface area contributed by atoms with E-state index >= 15 is 0 Å². The lowest BCUT2D eigenvalue weighted by molar-refractivity contribution is 0.209. The van der Waals surface area contributed by atoms with E-state index in [4.69, 9.17) is 9.05 Å². The van der Waals surface area contributed by atoms with Gasteiger partial charge >= 0.3 is 7.60 Å². The first kappa shape index (κ1) is 24.7. The highest BCUT2D eigenvalue weighted by Crippen LogP contribution is 2.52. The lowest BCUT2D eigenvalue weighted by atomic mass is 10.1. The zero-order valence-corrected chi connectivity index (χ0v) is 19.4. The fourth-order valence-electron chi connectivity index (χ4n) is 2.88. The van der Waals surface area contributed by atoms with Crippen molar-refractivity contribution in [3.05, 3.63) is 65.7 Å². The Bertz CT molecular complexity index is 910. The molecule has 1 atom stereocenters. The molecule has 1 unspecified atom stereocenters. The third kappa shape index (κ3) is 7.30. The maximum Gasteiger partial charge on any atom is 0.349 e. The van der Waals surface area contributed by atoms with E-state index in [-0.39, 0.29) is 24.7 Å². The molecule has 2 aromatic rings. The molecule has 30 heavy (non-hydrogen) atoms. The summed E-state index contributed by atoms with van der Waals surface area (Å²) in [6.45, 7) is 6.25. The minimum atomic E-state index is -3.91. The molecule has 0 saturated heterocycles. The summed E-state index contributed by atoms with van der Waals surface area (Å²) < 4.78 is 52.5. The molecule has 0 spiro atoms. The molecule has 0 amide bonds. The van der Waals surface area contributed by atoms with Gasteiger partial charge in [-0.05, 0) is 51.4 Å². The molecule has 2 aromatic carbocycles. The predicted molar refractivity (Wildman–Crippen MR) is 119 cm³/mol. The summed E-state index contributed by atoms with van der Waals surface area (Å²) in [5.74, 6) is -1.06. The van der Waals surface area contributed by atoms with Gasteiger partial charge in [0.2, 0.25) is 10.0 Å². The van der Waals surface area contributed by atoms with Crippen LogP contribution >= 0.6 is 7.60 Å². The van der Waals surface area contributed by atoms with Crippen molar-refractivity contribution in [3.63, 3.8) is 0 Å². The Balaban J connectivity index is 2.15. The number of nitrogens with one attached hydrogen (secondary N) is 2.